The number of fused-ring (bicyclic) bond motifs is 1. The monoisotopic (exact) mass is 370 g/mol. The number of aromatic nitrogens is 5. The van der Waals surface area contributed by atoms with E-state index in [4.69, 9.17) is 0 Å². The van der Waals surface area contributed by atoms with E-state index in [0.29, 0.717) is 10.1 Å². The van der Waals surface area contributed by atoms with Crippen LogP contribution in [0.2, 0.25) is 0 Å². The van der Waals surface area contributed by atoms with Crippen molar-refractivity contribution in [1.82, 2.24) is 28.9 Å². The Bertz CT molecular complexity index is 969. The number of imidazole rings is 1. The predicted octanol–water partition coefficient (Wildman–Crippen LogP) is 1.48. The number of alkyl halides is 2. The predicted molar refractivity (Wildman–Crippen MR) is 86.3 cm³/mol. The van der Waals surface area contributed by atoms with E-state index in [-0.39, 0.29) is 24.7 Å². The second kappa shape index (κ2) is 6.84. The number of nitrogens with zero attached hydrogens (tertiary/aromatic N) is 6. The van der Waals surface area contributed by atoms with Crippen molar-refractivity contribution in [3.8, 4) is 0 Å². The average molecular weight is 370 g/mol. The molecule has 0 saturated heterocycles. The van der Waals surface area contributed by atoms with Crippen molar-refractivity contribution in [3.63, 3.8) is 0 Å². The Morgan fingerprint density at radius 1 is 1.28 bits per heavy atom. The van der Waals surface area contributed by atoms with Crippen LogP contribution < -0.4 is 0 Å². The molecule has 0 saturated carbocycles. The van der Waals surface area contributed by atoms with Crippen LogP contribution in [0.15, 0.2) is 36.7 Å². The first-order chi connectivity index (χ1) is 11.9. The minimum Gasteiger partial charge on any atom is -0.277 e. The molecular formula is C14H16F2N6O2S. The quantitative estimate of drug-likeness (QED) is 0.629. The highest BCUT2D eigenvalue weighted by Crippen LogP contribution is 2.15. The molecule has 25 heavy (non-hydrogen) atoms. The minimum absolute atomic E-state index is 0.0210. The lowest BCUT2D eigenvalue weighted by Crippen LogP contribution is -2.31. The summed E-state index contributed by atoms with van der Waals surface area (Å²) >= 11 is 0. The van der Waals surface area contributed by atoms with Gasteiger partial charge in [-0.2, -0.15) is 13.1 Å². The summed E-state index contributed by atoms with van der Waals surface area (Å²) in [6.07, 6.45) is 2.32. The maximum atomic E-state index is 12.8. The van der Waals surface area contributed by atoms with Crippen molar-refractivity contribution in [1.29, 1.82) is 0 Å². The van der Waals surface area contributed by atoms with E-state index in [2.05, 4.69) is 15.3 Å². The van der Waals surface area contributed by atoms with Gasteiger partial charge in [-0.05, 0) is 12.1 Å². The van der Waals surface area contributed by atoms with Crippen molar-refractivity contribution in [3.05, 3.63) is 42.5 Å². The van der Waals surface area contributed by atoms with Gasteiger partial charge in [-0.25, -0.2) is 18.1 Å². The molecular weight excluding hydrogens is 354 g/mol. The van der Waals surface area contributed by atoms with Crippen LogP contribution in [-0.4, -0.2) is 50.1 Å². The van der Waals surface area contributed by atoms with Crippen molar-refractivity contribution < 1.29 is 17.2 Å². The lowest BCUT2D eigenvalue weighted by atomic mass is 10.3. The van der Waals surface area contributed by atoms with E-state index in [9.17, 15) is 17.2 Å². The fourth-order valence-corrected chi connectivity index (χ4v) is 3.41. The number of sulfonamides is 1. The van der Waals surface area contributed by atoms with Gasteiger partial charge >= 0.3 is 6.55 Å². The van der Waals surface area contributed by atoms with Gasteiger partial charge in [0.1, 0.15) is 11.3 Å². The van der Waals surface area contributed by atoms with Gasteiger partial charge in [0.05, 0.1) is 24.4 Å². The summed E-state index contributed by atoms with van der Waals surface area (Å²) in [4.78, 5) is 3.79. The lowest BCUT2D eigenvalue weighted by molar-refractivity contribution is 0.0658. The Labute approximate surface area is 142 Å². The van der Waals surface area contributed by atoms with Gasteiger partial charge in [-0.15, -0.1) is 5.10 Å². The molecule has 0 atom stereocenters. The summed E-state index contributed by atoms with van der Waals surface area (Å²) in [5.41, 5.74) is 1.40. The summed E-state index contributed by atoms with van der Waals surface area (Å²) in [6, 6.07) is 7.21. The summed E-state index contributed by atoms with van der Waals surface area (Å²) in [5.74, 6) is -0.251. The molecule has 0 aliphatic heterocycles. The van der Waals surface area contributed by atoms with Crippen LogP contribution in [0.1, 0.15) is 12.4 Å². The highest BCUT2D eigenvalue weighted by atomic mass is 32.2. The first-order valence-corrected chi connectivity index (χ1v) is 9.01. The lowest BCUT2D eigenvalue weighted by Gasteiger charge is -2.17. The number of aryl methyl sites for hydroxylation is 1. The second-order valence-corrected chi connectivity index (χ2v) is 7.60. The molecule has 0 unspecified atom stereocenters. The number of hydrogen-bond acceptors (Lipinski definition) is 5. The van der Waals surface area contributed by atoms with Gasteiger partial charge in [0.15, 0.2) is 0 Å². The molecule has 3 rings (SSSR count). The zero-order valence-electron chi connectivity index (χ0n) is 13.3. The number of hydrogen-bond donors (Lipinski definition) is 0. The van der Waals surface area contributed by atoms with Crippen LogP contribution >= 0.6 is 0 Å². The zero-order valence-corrected chi connectivity index (χ0v) is 14.1. The molecule has 0 fully saturated rings. The maximum Gasteiger partial charge on any atom is 0.319 e. The van der Waals surface area contributed by atoms with Crippen LogP contribution in [0, 0.1) is 0 Å². The molecule has 134 valence electrons. The van der Waals surface area contributed by atoms with Gasteiger partial charge in [0.25, 0.3) is 0 Å². The maximum absolute atomic E-state index is 12.8. The standard InChI is InChI=1S/C14H16F2N6O2S/c1-20(10-13-17-6-7-21(13)14(15)16)25(23,24)9-8-22-12-5-3-2-4-11(12)18-19-22/h2-7,14H,8-10H2,1H3. The largest absolute Gasteiger partial charge is 0.319 e. The van der Waals surface area contributed by atoms with E-state index in [1.54, 1.807) is 12.1 Å². The molecule has 2 heterocycles. The molecule has 2 aromatic heterocycles. The number of rotatable bonds is 7. The van der Waals surface area contributed by atoms with Crippen LogP contribution in [0.5, 0.6) is 0 Å². The van der Waals surface area contributed by atoms with Crippen molar-refractivity contribution >= 4 is 21.1 Å². The molecule has 0 bridgehead atoms. The smallest absolute Gasteiger partial charge is 0.277 e. The molecule has 0 radical (unpaired) electrons. The van der Waals surface area contributed by atoms with E-state index in [1.165, 1.54) is 17.9 Å². The Morgan fingerprint density at radius 2 is 2.04 bits per heavy atom. The Hall–Kier alpha value is -2.40. The van der Waals surface area contributed by atoms with E-state index >= 15 is 0 Å². The fraction of sp³-hybridized carbons (Fsp3) is 0.357. The summed E-state index contributed by atoms with van der Waals surface area (Å²) in [5, 5.41) is 7.90. The highest BCUT2D eigenvalue weighted by molar-refractivity contribution is 7.89. The van der Waals surface area contributed by atoms with Crippen molar-refractivity contribution in [2.24, 2.45) is 0 Å². The van der Waals surface area contributed by atoms with Crippen LogP contribution in [0.25, 0.3) is 11.0 Å². The Balaban J connectivity index is 1.69. The average Bonchev–Trinajstić information content (AvgIpc) is 3.19. The van der Waals surface area contributed by atoms with Crippen LogP contribution in [-0.2, 0) is 23.1 Å². The van der Waals surface area contributed by atoms with Crippen LogP contribution in [0.3, 0.4) is 0 Å². The van der Waals surface area contributed by atoms with Gasteiger partial charge in [-0.1, -0.05) is 17.3 Å². The summed E-state index contributed by atoms with van der Waals surface area (Å²) in [7, 11) is -2.34. The molecule has 0 aliphatic carbocycles. The van der Waals surface area contributed by atoms with Gasteiger partial charge in [-0.3, -0.25) is 4.57 Å². The Morgan fingerprint density at radius 3 is 2.80 bits per heavy atom. The SMILES string of the molecule is CN(Cc1nccn1C(F)F)S(=O)(=O)CCn1nnc2ccccc21. The first kappa shape index (κ1) is 17.4. The molecule has 0 N–H and O–H groups in total. The zero-order chi connectivity index (χ0) is 18.0. The van der Waals surface area contributed by atoms with Gasteiger partial charge < -0.3 is 0 Å². The topological polar surface area (TPSA) is 85.9 Å². The summed E-state index contributed by atoms with van der Waals surface area (Å²) < 4.78 is 53.6. The highest BCUT2D eigenvalue weighted by Gasteiger charge is 2.22. The molecule has 11 heteroatoms. The molecule has 1 aromatic carbocycles. The molecule has 0 amide bonds. The number of para-hydroxylation sites is 1. The fourth-order valence-electron chi connectivity index (χ4n) is 2.38. The van der Waals surface area contributed by atoms with Crippen molar-refractivity contribution in [2.75, 3.05) is 12.8 Å². The minimum atomic E-state index is -3.68. The van der Waals surface area contributed by atoms with Gasteiger partial charge in [0, 0.05) is 19.4 Å². The second-order valence-electron chi connectivity index (χ2n) is 5.40. The van der Waals surface area contributed by atoms with E-state index < -0.39 is 16.6 Å². The molecule has 8 nitrogen and oxygen atoms in total. The van der Waals surface area contributed by atoms with E-state index in [0.717, 1.165) is 16.0 Å². The van der Waals surface area contributed by atoms with Crippen molar-refractivity contribution in [2.45, 2.75) is 19.6 Å². The summed E-state index contributed by atoms with van der Waals surface area (Å²) in [6.45, 7) is -2.90. The number of halogens is 2. The van der Waals surface area contributed by atoms with E-state index in [1.807, 2.05) is 12.1 Å². The molecule has 0 aliphatic rings. The molecule has 0 spiro atoms. The third-order valence-corrected chi connectivity index (χ3v) is 5.56. The first-order valence-electron chi connectivity index (χ1n) is 7.40. The molecule has 3 aromatic rings. The number of benzene rings is 1. The Kier molecular flexibility index (Phi) is 4.77. The third-order valence-electron chi connectivity index (χ3n) is 3.78. The normalized spacial score (nSPS) is 12.5. The third kappa shape index (κ3) is 3.66. The van der Waals surface area contributed by atoms with Crippen LogP contribution in [0.4, 0.5) is 8.78 Å². The van der Waals surface area contributed by atoms with Gasteiger partial charge in [0.2, 0.25) is 10.0 Å².